The van der Waals surface area contributed by atoms with Crippen LogP contribution in [0.2, 0.25) is 5.02 Å². The molecule has 1 aliphatic rings. The number of aliphatic imine (C=N–C) groups is 1. The molecule has 1 aliphatic heterocycles. The predicted molar refractivity (Wildman–Crippen MR) is 99.3 cm³/mol. The van der Waals surface area contributed by atoms with Crippen LogP contribution in [0.4, 0.5) is 5.82 Å². The van der Waals surface area contributed by atoms with Gasteiger partial charge in [0.15, 0.2) is 5.17 Å². The number of hydrogen-bond acceptors (Lipinski definition) is 6. The Bertz CT molecular complexity index is 1110. The van der Waals surface area contributed by atoms with Gasteiger partial charge >= 0.3 is 17.5 Å². The molecule has 1 aromatic carbocycles. The lowest BCUT2D eigenvalue weighted by Crippen LogP contribution is -2.32. The largest absolute Gasteiger partial charge is 0.337 e. The van der Waals surface area contributed by atoms with Crippen LogP contribution in [0.3, 0.4) is 0 Å². The van der Waals surface area contributed by atoms with E-state index in [1.807, 2.05) is 0 Å². The zero-order chi connectivity index (χ0) is 19.6. The molecule has 138 valence electrons. The smallest absolute Gasteiger partial charge is 0.311 e. The summed E-state index contributed by atoms with van der Waals surface area (Å²) in [6, 6.07) is 7.32. The minimum absolute atomic E-state index is 0.00158. The normalized spacial score (nSPS) is 13.3. The van der Waals surface area contributed by atoms with Gasteiger partial charge < -0.3 is 5.32 Å². The van der Waals surface area contributed by atoms with Crippen LogP contribution in [-0.2, 0) is 14.4 Å². The van der Waals surface area contributed by atoms with Gasteiger partial charge in [0, 0.05) is 11.1 Å². The van der Waals surface area contributed by atoms with Gasteiger partial charge in [-0.15, -0.1) is 0 Å². The summed E-state index contributed by atoms with van der Waals surface area (Å²) < 4.78 is 1.08. The molecule has 3 rings (SSSR count). The summed E-state index contributed by atoms with van der Waals surface area (Å²) in [5.74, 6) is -2.69. The van der Waals surface area contributed by atoms with Crippen LogP contribution >= 0.6 is 23.4 Å². The molecule has 1 aromatic heterocycles. The number of aromatic amines is 1. The topological polar surface area (TPSA) is 142 Å². The average molecular weight is 408 g/mol. The molecule has 0 atom stereocenters. The molecule has 12 heteroatoms. The zero-order valence-corrected chi connectivity index (χ0v) is 14.9. The Hall–Kier alpha value is -3.18. The molecule has 10 nitrogen and oxygen atoms in total. The summed E-state index contributed by atoms with van der Waals surface area (Å²) in [4.78, 5) is 63.6. The Morgan fingerprint density at radius 1 is 1.22 bits per heavy atom. The molecular weight excluding hydrogens is 398 g/mol. The van der Waals surface area contributed by atoms with E-state index in [1.165, 1.54) is 6.07 Å². The van der Waals surface area contributed by atoms with E-state index < -0.39 is 29.0 Å². The third-order valence-corrected chi connectivity index (χ3v) is 4.34. The highest BCUT2D eigenvalue weighted by Gasteiger charge is 2.24. The minimum Gasteiger partial charge on any atom is -0.311 e. The lowest BCUT2D eigenvalue weighted by atomic mass is 10.3. The maximum absolute atomic E-state index is 12.2. The maximum atomic E-state index is 12.2. The van der Waals surface area contributed by atoms with Gasteiger partial charge in [-0.05, 0) is 18.2 Å². The number of halogens is 1. The van der Waals surface area contributed by atoms with E-state index >= 15 is 0 Å². The molecular formula is C15H10ClN5O5S. The van der Waals surface area contributed by atoms with Crippen molar-refractivity contribution in [2.45, 2.75) is 0 Å². The highest BCUT2D eigenvalue weighted by atomic mass is 35.5. The number of nitrogens with zero attached hydrogens (tertiary/aromatic N) is 2. The molecule has 0 bridgehead atoms. The fourth-order valence-corrected chi connectivity index (χ4v) is 3.00. The lowest BCUT2D eigenvalue weighted by Gasteiger charge is -2.13. The Morgan fingerprint density at radius 2 is 2.00 bits per heavy atom. The molecule has 0 saturated carbocycles. The summed E-state index contributed by atoms with van der Waals surface area (Å²) in [6.07, 6.45) is 0. The van der Waals surface area contributed by atoms with Crippen molar-refractivity contribution in [1.82, 2.24) is 14.9 Å². The van der Waals surface area contributed by atoms with Crippen molar-refractivity contribution in [3.8, 4) is 5.69 Å². The molecule has 0 unspecified atom stereocenters. The Kier molecular flexibility index (Phi) is 5.23. The minimum atomic E-state index is -0.942. The molecule has 0 spiro atoms. The van der Waals surface area contributed by atoms with Crippen LogP contribution in [0.1, 0.15) is 0 Å². The molecule has 0 saturated heterocycles. The molecule has 2 aromatic rings. The monoisotopic (exact) mass is 407 g/mol. The number of benzene rings is 1. The first-order valence-corrected chi connectivity index (χ1v) is 8.69. The van der Waals surface area contributed by atoms with Crippen molar-refractivity contribution in [2.75, 3.05) is 11.1 Å². The van der Waals surface area contributed by atoms with Crippen molar-refractivity contribution in [3.63, 3.8) is 0 Å². The van der Waals surface area contributed by atoms with Gasteiger partial charge in [-0.25, -0.2) is 9.36 Å². The summed E-state index contributed by atoms with van der Waals surface area (Å²) in [7, 11) is 0. The number of nitrogens with one attached hydrogen (secondary N) is 3. The standard InChI is InChI=1S/C15H10ClN5O5S/c16-7-2-1-3-8(4-7)21-9(5-10(22)18-15(21)26)17-11(23)6-27-14-19-12(24)13(25)20-14/h1-5H,6H2,(H,17,23)(H,18,22,26)(H,19,20,24,25). The molecule has 2 heterocycles. The molecule has 3 N–H and O–H groups in total. The zero-order valence-electron chi connectivity index (χ0n) is 13.3. The van der Waals surface area contributed by atoms with E-state index in [1.54, 1.807) is 18.2 Å². The number of hydrogen-bond donors (Lipinski definition) is 3. The Morgan fingerprint density at radius 3 is 2.67 bits per heavy atom. The number of amidine groups is 1. The third-order valence-electron chi connectivity index (χ3n) is 3.23. The molecule has 0 fully saturated rings. The second-order valence-electron chi connectivity index (χ2n) is 5.15. The summed E-state index contributed by atoms with van der Waals surface area (Å²) in [6.45, 7) is 0. The van der Waals surface area contributed by atoms with E-state index in [4.69, 9.17) is 11.6 Å². The first-order valence-electron chi connectivity index (χ1n) is 7.32. The Balaban J connectivity index is 1.82. The van der Waals surface area contributed by atoms with Crippen molar-refractivity contribution in [3.05, 3.63) is 56.2 Å². The van der Waals surface area contributed by atoms with Gasteiger partial charge in [-0.1, -0.05) is 29.4 Å². The first-order chi connectivity index (χ1) is 12.8. The highest BCUT2D eigenvalue weighted by Crippen LogP contribution is 2.17. The van der Waals surface area contributed by atoms with Crippen LogP contribution in [0.25, 0.3) is 5.69 Å². The van der Waals surface area contributed by atoms with Crippen LogP contribution in [0.15, 0.2) is 44.9 Å². The van der Waals surface area contributed by atoms with Crippen molar-refractivity contribution >= 4 is 52.1 Å². The highest BCUT2D eigenvalue weighted by molar-refractivity contribution is 8.14. The summed E-state index contributed by atoms with van der Waals surface area (Å²) in [5, 5.41) is 5.01. The SMILES string of the molecule is O=C(CSC1=NC(=O)C(=O)N1)Nc1cc(=O)[nH]c(=O)n1-c1cccc(Cl)c1. The van der Waals surface area contributed by atoms with Gasteiger partial charge in [0.25, 0.3) is 5.56 Å². The van der Waals surface area contributed by atoms with Crippen molar-refractivity contribution in [1.29, 1.82) is 0 Å². The first kappa shape index (κ1) is 18.6. The number of H-pyrrole nitrogens is 1. The van der Waals surface area contributed by atoms with Crippen molar-refractivity contribution < 1.29 is 14.4 Å². The van der Waals surface area contributed by atoms with E-state index in [-0.39, 0.29) is 16.7 Å². The van der Waals surface area contributed by atoms with Gasteiger partial charge in [-0.2, -0.15) is 4.99 Å². The van der Waals surface area contributed by atoms with Gasteiger partial charge in [-0.3, -0.25) is 29.5 Å². The second-order valence-corrected chi connectivity index (χ2v) is 6.55. The molecule has 0 radical (unpaired) electrons. The molecule has 27 heavy (non-hydrogen) atoms. The number of rotatable bonds is 4. The fraction of sp³-hybridized carbons (Fsp3) is 0.0667. The molecule has 0 aliphatic carbocycles. The number of amides is 3. The molecule has 3 amide bonds. The summed E-state index contributed by atoms with van der Waals surface area (Å²) in [5.41, 5.74) is -1.12. The van der Waals surface area contributed by atoms with Gasteiger partial charge in [0.05, 0.1) is 11.4 Å². The van der Waals surface area contributed by atoms with E-state index in [0.717, 1.165) is 22.4 Å². The lowest BCUT2D eigenvalue weighted by molar-refractivity contribution is -0.135. The van der Waals surface area contributed by atoms with E-state index in [9.17, 15) is 24.0 Å². The van der Waals surface area contributed by atoms with E-state index in [0.29, 0.717) is 10.7 Å². The maximum Gasteiger partial charge on any atom is 0.337 e. The second kappa shape index (κ2) is 7.60. The number of thioether (sulfide) groups is 1. The Labute approximate surface area is 159 Å². The van der Waals surface area contributed by atoms with Crippen LogP contribution in [0, 0.1) is 0 Å². The number of carbonyl (C=O) groups excluding carboxylic acids is 3. The quantitative estimate of drug-likeness (QED) is 0.602. The van der Waals surface area contributed by atoms with Gasteiger partial charge in [0.2, 0.25) is 5.91 Å². The average Bonchev–Trinajstić information content (AvgIpc) is 2.90. The fourth-order valence-electron chi connectivity index (χ4n) is 2.16. The third kappa shape index (κ3) is 4.33. The van der Waals surface area contributed by atoms with E-state index in [2.05, 4.69) is 20.6 Å². The summed E-state index contributed by atoms with van der Waals surface area (Å²) >= 11 is 6.75. The van der Waals surface area contributed by atoms with Crippen molar-refractivity contribution in [2.24, 2.45) is 4.99 Å². The van der Waals surface area contributed by atoms with Crippen LogP contribution in [0.5, 0.6) is 0 Å². The predicted octanol–water partition coefficient (Wildman–Crippen LogP) is -0.137. The van der Waals surface area contributed by atoms with Crippen LogP contribution < -0.4 is 21.9 Å². The number of anilines is 1. The number of carbonyl (C=O) groups is 3. The van der Waals surface area contributed by atoms with Gasteiger partial charge in [0.1, 0.15) is 5.82 Å². The van der Waals surface area contributed by atoms with Crippen LogP contribution in [-0.4, -0.2) is 38.2 Å². The number of aromatic nitrogens is 2.